The van der Waals surface area contributed by atoms with Crippen LogP contribution >= 0.6 is 11.8 Å². The first-order chi connectivity index (χ1) is 13.4. The molecule has 1 amide bonds. The van der Waals surface area contributed by atoms with Crippen LogP contribution in [0.2, 0.25) is 0 Å². The van der Waals surface area contributed by atoms with E-state index in [4.69, 9.17) is 4.74 Å². The summed E-state index contributed by atoms with van der Waals surface area (Å²) in [5.74, 6) is 0.659. The summed E-state index contributed by atoms with van der Waals surface area (Å²) in [5.41, 5.74) is 4.93. The largest absolute Gasteiger partial charge is 0.497 e. The molecule has 1 heterocycles. The van der Waals surface area contributed by atoms with E-state index in [0.29, 0.717) is 5.16 Å². The number of rotatable bonds is 6. The predicted molar refractivity (Wildman–Crippen MR) is 110 cm³/mol. The molecule has 0 saturated carbocycles. The molecule has 0 fully saturated rings. The van der Waals surface area contributed by atoms with Gasteiger partial charge in [0.1, 0.15) is 5.75 Å². The first-order valence-electron chi connectivity index (χ1n) is 8.87. The van der Waals surface area contributed by atoms with E-state index in [1.165, 1.54) is 17.3 Å². The van der Waals surface area contributed by atoms with Gasteiger partial charge >= 0.3 is 0 Å². The molecule has 3 rings (SSSR count). The fourth-order valence-electron chi connectivity index (χ4n) is 2.95. The van der Waals surface area contributed by atoms with Crippen LogP contribution in [0.15, 0.2) is 41.6 Å². The number of nitrogens with one attached hydrogen (secondary N) is 1. The smallest absolute Gasteiger partial charge is 0.237 e. The number of aromatic nitrogens is 4. The van der Waals surface area contributed by atoms with Crippen LogP contribution in [0.3, 0.4) is 0 Å². The number of hydrogen-bond donors (Lipinski definition) is 1. The lowest BCUT2D eigenvalue weighted by Crippen LogP contribution is -2.24. The van der Waals surface area contributed by atoms with Gasteiger partial charge in [-0.1, -0.05) is 29.5 Å². The van der Waals surface area contributed by atoms with Crippen LogP contribution in [0.4, 0.5) is 5.69 Å². The van der Waals surface area contributed by atoms with Crippen LogP contribution in [0.25, 0.3) is 5.69 Å². The van der Waals surface area contributed by atoms with E-state index in [1.807, 2.05) is 52.0 Å². The number of carbonyl (C=O) groups excluding carboxylic acids is 1. The molecule has 7 nitrogen and oxygen atoms in total. The average Bonchev–Trinajstić information content (AvgIpc) is 3.12. The highest BCUT2D eigenvalue weighted by molar-refractivity contribution is 8.00. The highest BCUT2D eigenvalue weighted by Crippen LogP contribution is 2.27. The number of tetrazole rings is 1. The Morgan fingerprint density at radius 1 is 1.14 bits per heavy atom. The molecule has 0 unspecified atom stereocenters. The molecule has 146 valence electrons. The van der Waals surface area contributed by atoms with E-state index in [2.05, 4.69) is 33.0 Å². The highest BCUT2D eigenvalue weighted by atomic mass is 32.2. The molecule has 8 heteroatoms. The fourth-order valence-corrected chi connectivity index (χ4v) is 3.76. The second kappa shape index (κ2) is 8.43. The number of benzene rings is 2. The second-order valence-electron chi connectivity index (χ2n) is 6.59. The fraction of sp³-hybridized carbons (Fsp3) is 0.300. The number of thioether (sulfide) groups is 1. The van der Waals surface area contributed by atoms with Crippen molar-refractivity contribution in [2.24, 2.45) is 0 Å². The van der Waals surface area contributed by atoms with Crippen molar-refractivity contribution in [3.63, 3.8) is 0 Å². The van der Waals surface area contributed by atoms with Gasteiger partial charge in [0.2, 0.25) is 11.1 Å². The normalized spacial score (nSPS) is 11.9. The zero-order valence-electron chi connectivity index (χ0n) is 16.6. The summed E-state index contributed by atoms with van der Waals surface area (Å²) in [6, 6.07) is 11.5. The van der Waals surface area contributed by atoms with Crippen LogP contribution in [0.5, 0.6) is 5.75 Å². The van der Waals surface area contributed by atoms with Crippen molar-refractivity contribution in [3.05, 3.63) is 53.1 Å². The lowest BCUT2D eigenvalue weighted by molar-refractivity contribution is -0.115. The van der Waals surface area contributed by atoms with Crippen molar-refractivity contribution in [1.82, 2.24) is 20.2 Å². The first-order valence-corrected chi connectivity index (χ1v) is 9.75. The van der Waals surface area contributed by atoms with E-state index < -0.39 is 0 Å². The third-order valence-electron chi connectivity index (χ3n) is 4.33. The Morgan fingerprint density at radius 2 is 1.79 bits per heavy atom. The van der Waals surface area contributed by atoms with Crippen LogP contribution in [0, 0.1) is 20.8 Å². The molecule has 0 aliphatic rings. The van der Waals surface area contributed by atoms with E-state index in [0.717, 1.165) is 28.3 Å². The Kier molecular flexibility index (Phi) is 5.99. The minimum Gasteiger partial charge on any atom is -0.497 e. The predicted octanol–water partition coefficient (Wildman–Crippen LogP) is 3.72. The Balaban J connectivity index is 1.74. The Bertz CT molecular complexity index is 962. The summed E-state index contributed by atoms with van der Waals surface area (Å²) < 4.78 is 6.78. The summed E-state index contributed by atoms with van der Waals surface area (Å²) in [5, 5.41) is 15.1. The lowest BCUT2D eigenvalue weighted by Gasteiger charge is -2.16. The molecule has 2 aromatic carbocycles. The van der Waals surface area contributed by atoms with Crippen LogP contribution in [-0.2, 0) is 4.79 Å². The van der Waals surface area contributed by atoms with Gasteiger partial charge in [0, 0.05) is 5.69 Å². The second-order valence-corrected chi connectivity index (χ2v) is 7.90. The van der Waals surface area contributed by atoms with Crippen molar-refractivity contribution < 1.29 is 9.53 Å². The van der Waals surface area contributed by atoms with Gasteiger partial charge in [0.15, 0.2) is 0 Å². The molecule has 28 heavy (non-hydrogen) atoms. The van der Waals surface area contributed by atoms with Gasteiger partial charge in [0.05, 0.1) is 18.0 Å². The molecule has 1 aromatic heterocycles. The zero-order chi connectivity index (χ0) is 20.3. The van der Waals surface area contributed by atoms with Crippen molar-refractivity contribution in [3.8, 4) is 11.4 Å². The van der Waals surface area contributed by atoms with Gasteiger partial charge in [-0.25, -0.2) is 0 Å². The number of methoxy groups -OCH3 is 1. The summed E-state index contributed by atoms with van der Waals surface area (Å²) >= 11 is 1.31. The number of anilines is 1. The highest BCUT2D eigenvalue weighted by Gasteiger charge is 2.20. The quantitative estimate of drug-likeness (QED) is 0.639. The summed E-state index contributed by atoms with van der Waals surface area (Å²) in [6.07, 6.45) is 0. The number of amides is 1. The van der Waals surface area contributed by atoms with Crippen molar-refractivity contribution in [1.29, 1.82) is 0 Å². The molecule has 0 bridgehead atoms. The van der Waals surface area contributed by atoms with E-state index in [-0.39, 0.29) is 11.2 Å². The van der Waals surface area contributed by atoms with Crippen molar-refractivity contribution >= 4 is 23.4 Å². The Morgan fingerprint density at radius 3 is 2.39 bits per heavy atom. The third-order valence-corrected chi connectivity index (χ3v) is 5.37. The molecule has 0 spiro atoms. The summed E-state index contributed by atoms with van der Waals surface area (Å²) in [6.45, 7) is 7.88. The van der Waals surface area contributed by atoms with Gasteiger partial charge in [-0.15, -0.1) is 5.10 Å². The Labute approximate surface area is 168 Å². The van der Waals surface area contributed by atoms with Gasteiger partial charge in [-0.2, -0.15) is 4.68 Å². The van der Waals surface area contributed by atoms with Crippen LogP contribution in [0.1, 0.15) is 23.6 Å². The molecule has 0 aliphatic heterocycles. The van der Waals surface area contributed by atoms with Gasteiger partial charge in [0.25, 0.3) is 0 Å². The number of carbonyl (C=O) groups is 1. The third kappa shape index (κ3) is 4.33. The maximum atomic E-state index is 12.7. The summed E-state index contributed by atoms with van der Waals surface area (Å²) in [4.78, 5) is 12.7. The maximum absolute atomic E-state index is 12.7. The van der Waals surface area contributed by atoms with Crippen molar-refractivity contribution in [2.75, 3.05) is 12.4 Å². The van der Waals surface area contributed by atoms with Gasteiger partial charge in [-0.3, -0.25) is 4.79 Å². The van der Waals surface area contributed by atoms with Gasteiger partial charge < -0.3 is 10.1 Å². The van der Waals surface area contributed by atoms with E-state index in [9.17, 15) is 4.79 Å². The summed E-state index contributed by atoms with van der Waals surface area (Å²) in [7, 11) is 1.62. The standard InChI is InChI=1S/C20H23N5O2S/c1-12-10-13(2)18(14(3)11-12)21-19(26)15(4)28-20-22-23-24-25(20)16-6-8-17(27-5)9-7-16/h6-11,15H,1-5H3,(H,21,26)/t15-/m1/s1. The maximum Gasteiger partial charge on any atom is 0.237 e. The van der Waals surface area contributed by atoms with Crippen molar-refractivity contribution in [2.45, 2.75) is 38.1 Å². The molecule has 0 aliphatic carbocycles. The number of nitrogens with zero attached hydrogens (tertiary/aromatic N) is 4. The number of ether oxygens (including phenoxy) is 1. The molecule has 1 atom stereocenters. The van der Waals surface area contributed by atoms with E-state index >= 15 is 0 Å². The molecule has 3 aromatic rings. The van der Waals surface area contributed by atoms with Gasteiger partial charge in [-0.05, 0) is 73.5 Å². The monoisotopic (exact) mass is 397 g/mol. The Hall–Kier alpha value is -2.87. The molecule has 1 N–H and O–H groups in total. The number of aryl methyl sites for hydroxylation is 3. The minimum atomic E-state index is -0.372. The SMILES string of the molecule is COc1ccc(-n2nnnc2S[C@H](C)C(=O)Nc2c(C)cc(C)cc2C)cc1. The zero-order valence-corrected chi connectivity index (χ0v) is 17.4. The minimum absolute atomic E-state index is 0.0932. The lowest BCUT2D eigenvalue weighted by atomic mass is 10.1. The molecular weight excluding hydrogens is 374 g/mol. The molecular formula is C20H23N5O2S. The van der Waals surface area contributed by atoms with Crippen LogP contribution in [-0.4, -0.2) is 38.5 Å². The van der Waals surface area contributed by atoms with Crippen LogP contribution < -0.4 is 10.1 Å². The average molecular weight is 398 g/mol. The van der Waals surface area contributed by atoms with E-state index in [1.54, 1.807) is 11.8 Å². The first kappa shape index (κ1) is 19.9. The number of hydrogen-bond acceptors (Lipinski definition) is 6. The topological polar surface area (TPSA) is 81.9 Å². The molecule has 0 radical (unpaired) electrons. The molecule has 0 saturated heterocycles.